The highest BCUT2D eigenvalue weighted by molar-refractivity contribution is 6.02. The van der Waals surface area contributed by atoms with Crippen molar-refractivity contribution in [1.82, 2.24) is 0 Å². The molecule has 0 saturated heterocycles. The molecule has 0 aromatic heterocycles. The lowest BCUT2D eigenvalue weighted by Crippen LogP contribution is -2.32. The molecule has 0 aliphatic heterocycles. The number of benzene rings is 1. The number of Topliss-reactive ketones (excluding diaryl/α,β-unsaturated/α-hetero) is 1. The number of esters is 2. The maximum absolute atomic E-state index is 12.2. The summed E-state index contributed by atoms with van der Waals surface area (Å²) in [6.07, 6.45) is 0.834. The number of methoxy groups -OCH3 is 2. The summed E-state index contributed by atoms with van der Waals surface area (Å²) >= 11 is 0. The maximum Gasteiger partial charge on any atom is 0.333 e. The van der Waals surface area contributed by atoms with Gasteiger partial charge in [0, 0.05) is 11.5 Å². The molecule has 6 heteroatoms. The van der Waals surface area contributed by atoms with Crippen LogP contribution in [0.1, 0.15) is 31.7 Å². The van der Waals surface area contributed by atoms with E-state index in [4.69, 9.17) is 14.2 Å². The monoisotopic (exact) mass is 348 g/mol. The average molecular weight is 348 g/mol. The van der Waals surface area contributed by atoms with Crippen LogP contribution >= 0.6 is 0 Å². The van der Waals surface area contributed by atoms with Gasteiger partial charge < -0.3 is 14.2 Å². The lowest BCUT2D eigenvalue weighted by molar-refractivity contribution is -0.149. The van der Waals surface area contributed by atoms with Crippen LogP contribution in [0.5, 0.6) is 5.75 Å². The van der Waals surface area contributed by atoms with Gasteiger partial charge in [-0.15, -0.1) is 0 Å². The first-order valence-corrected chi connectivity index (χ1v) is 7.95. The Morgan fingerprint density at radius 2 is 1.84 bits per heavy atom. The predicted molar refractivity (Wildman–Crippen MR) is 92.3 cm³/mol. The van der Waals surface area contributed by atoms with E-state index >= 15 is 0 Å². The van der Waals surface area contributed by atoms with E-state index in [2.05, 4.69) is 6.58 Å². The molecule has 0 aliphatic rings. The number of hydrogen-bond donors (Lipinski definition) is 0. The minimum absolute atomic E-state index is 0.000687. The van der Waals surface area contributed by atoms with Crippen molar-refractivity contribution in [3.8, 4) is 5.75 Å². The van der Waals surface area contributed by atoms with Gasteiger partial charge in [0.2, 0.25) is 0 Å². The third-order valence-corrected chi connectivity index (χ3v) is 3.74. The van der Waals surface area contributed by atoms with Crippen LogP contribution in [-0.4, -0.2) is 38.5 Å². The van der Waals surface area contributed by atoms with E-state index in [-0.39, 0.29) is 5.57 Å². The Kier molecular flexibility index (Phi) is 7.85. The fourth-order valence-corrected chi connectivity index (χ4v) is 2.53. The zero-order chi connectivity index (χ0) is 19.0. The van der Waals surface area contributed by atoms with Crippen molar-refractivity contribution in [2.24, 2.45) is 5.92 Å². The van der Waals surface area contributed by atoms with E-state index in [9.17, 15) is 14.4 Å². The lowest BCUT2D eigenvalue weighted by Gasteiger charge is -2.25. The second kappa shape index (κ2) is 9.61. The molecular weight excluding hydrogens is 324 g/mol. The normalized spacial score (nSPS) is 12.6. The van der Waals surface area contributed by atoms with Crippen LogP contribution in [-0.2, 0) is 23.9 Å². The lowest BCUT2D eigenvalue weighted by atomic mass is 9.79. The summed E-state index contributed by atoms with van der Waals surface area (Å²) in [5.74, 6) is -3.38. The van der Waals surface area contributed by atoms with Crippen molar-refractivity contribution >= 4 is 17.7 Å². The molecule has 1 rings (SSSR count). The molecule has 0 heterocycles. The SMILES string of the molecule is C=C(C(=O)OC)C(c1cccc(OCCC)c1)C(C(C)=O)C(=O)OC. The van der Waals surface area contributed by atoms with E-state index < -0.39 is 29.6 Å². The molecule has 0 amide bonds. The molecule has 25 heavy (non-hydrogen) atoms. The smallest absolute Gasteiger partial charge is 0.333 e. The first kappa shape index (κ1) is 20.4. The molecule has 0 N–H and O–H groups in total. The molecule has 136 valence electrons. The number of rotatable bonds is 9. The Morgan fingerprint density at radius 1 is 1.16 bits per heavy atom. The van der Waals surface area contributed by atoms with Crippen LogP contribution in [0.25, 0.3) is 0 Å². The molecule has 2 unspecified atom stereocenters. The fraction of sp³-hybridized carbons (Fsp3) is 0.421. The molecule has 6 nitrogen and oxygen atoms in total. The molecule has 0 aliphatic carbocycles. The fourth-order valence-electron chi connectivity index (χ4n) is 2.53. The zero-order valence-corrected chi connectivity index (χ0v) is 15.0. The van der Waals surface area contributed by atoms with E-state index in [0.717, 1.165) is 6.42 Å². The van der Waals surface area contributed by atoms with Gasteiger partial charge in [-0.2, -0.15) is 0 Å². The van der Waals surface area contributed by atoms with Gasteiger partial charge in [-0.05, 0) is 31.0 Å². The van der Waals surface area contributed by atoms with Gasteiger partial charge in [0.15, 0.2) is 0 Å². The second-order valence-corrected chi connectivity index (χ2v) is 5.53. The number of carbonyl (C=O) groups excluding carboxylic acids is 3. The molecule has 0 spiro atoms. The Morgan fingerprint density at radius 3 is 2.36 bits per heavy atom. The highest BCUT2D eigenvalue weighted by atomic mass is 16.5. The summed E-state index contributed by atoms with van der Waals surface area (Å²) in [4.78, 5) is 36.3. The minimum atomic E-state index is -1.20. The third kappa shape index (κ3) is 5.17. The summed E-state index contributed by atoms with van der Waals surface area (Å²) in [6, 6.07) is 6.88. The summed E-state index contributed by atoms with van der Waals surface area (Å²) in [6.45, 7) is 7.52. The largest absolute Gasteiger partial charge is 0.494 e. The molecular formula is C19H24O6. The van der Waals surface area contributed by atoms with Gasteiger partial charge in [0.1, 0.15) is 17.5 Å². The van der Waals surface area contributed by atoms with Crippen LogP contribution in [0, 0.1) is 5.92 Å². The van der Waals surface area contributed by atoms with Crippen molar-refractivity contribution in [1.29, 1.82) is 0 Å². The number of hydrogen-bond acceptors (Lipinski definition) is 6. The minimum Gasteiger partial charge on any atom is -0.494 e. The molecule has 0 fully saturated rings. The van der Waals surface area contributed by atoms with E-state index in [1.807, 2.05) is 6.92 Å². The van der Waals surface area contributed by atoms with Crippen molar-refractivity contribution in [3.05, 3.63) is 42.0 Å². The average Bonchev–Trinajstić information content (AvgIpc) is 2.62. The van der Waals surface area contributed by atoms with Gasteiger partial charge in [-0.1, -0.05) is 25.6 Å². The van der Waals surface area contributed by atoms with Crippen molar-refractivity contribution in [3.63, 3.8) is 0 Å². The van der Waals surface area contributed by atoms with Gasteiger partial charge in [0.25, 0.3) is 0 Å². The highest BCUT2D eigenvalue weighted by Gasteiger charge is 2.38. The van der Waals surface area contributed by atoms with Crippen LogP contribution in [0.4, 0.5) is 0 Å². The topological polar surface area (TPSA) is 78.9 Å². The molecule has 2 atom stereocenters. The van der Waals surface area contributed by atoms with Gasteiger partial charge in [-0.3, -0.25) is 9.59 Å². The molecule has 0 bridgehead atoms. The molecule has 0 saturated carbocycles. The van der Waals surface area contributed by atoms with E-state index in [1.165, 1.54) is 21.1 Å². The first-order valence-electron chi connectivity index (χ1n) is 7.95. The van der Waals surface area contributed by atoms with Crippen molar-refractivity contribution in [2.75, 3.05) is 20.8 Å². The summed E-state index contributed by atoms with van der Waals surface area (Å²) in [5, 5.41) is 0. The Labute approximate surface area is 147 Å². The molecule has 1 aromatic rings. The predicted octanol–water partition coefficient (Wildman–Crippen LogP) is 2.67. The second-order valence-electron chi connectivity index (χ2n) is 5.53. The van der Waals surface area contributed by atoms with Crippen LogP contribution in [0.15, 0.2) is 36.4 Å². The number of ether oxygens (including phenoxy) is 3. The summed E-state index contributed by atoms with van der Waals surface area (Å²) in [7, 11) is 2.41. The maximum atomic E-state index is 12.2. The van der Waals surface area contributed by atoms with Crippen LogP contribution in [0.2, 0.25) is 0 Å². The van der Waals surface area contributed by atoms with Crippen molar-refractivity contribution < 1.29 is 28.6 Å². The number of ketones is 1. The Hall–Kier alpha value is -2.63. The van der Waals surface area contributed by atoms with Gasteiger partial charge >= 0.3 is 11.9 Å². The van der Waals surface area contributed by atoms with E-state index in [0.29, 0.717) is 17.9 Å². The van der Waals surface area contributed by atoms with Gasteiger partial charge in [0.05, 0.1) is 20.8 Å². The van der Waals surface area contributed by atoms with Crippen LogP contribution in [0.3, 0.4) is 0 Å². The Balaban J connectivity index is 3.40. The quantitative estimate of drug-likeness (QED) is 0.388. The summed E-state index contributed by atoms with van der Waals surface area (Å²) in [5.41, 5.74) is 0.551. The highest BCUT2D eigenvalue weighted by Crippen LogP contribution is 2.35. The number of carbonyl (C=O) groups is 3. The standard InChI is InChI=1S/C19H24O6/c1-6-10-25-15-9-7-8-14(11-15)16(12(2)18(21)23-4)17(13(3)20)19(22)24-5/h7-9,11,16-17H,2,6,10H2,1,3-5H3. The van der Waals surface area contributed by atoms with E-state index in [1.54, 1.807) is 24.3 Å². The molecule has 1 aromatic carbocycles. The third-order valence-electron chi connectivity index (χ3n) is 3.74. The van der Waals surface area contributed by atoms with Gasteiger partial charge in [-0.25, -0.2) is 4.79 Å². The van der Waals surface area contributed by atoms with Crippen LogP contribution < -0.4 is 4.74 Å². The van der Waals surface area contributed by atoms with Crippen molar-refractivity contribution in [2.45, 2.75) is 26.2 Å². The zero-order valence-electron chi connectivity index (χ0n) is 15.0. The first-order chi connectivity index (χ1) is 11.9. The molecule has 0 radical (unpaired) electrons. The summed E-state index contributed by atoms with van der Waals surface area (Å²) < 4.78 is 15.1. The Bertz CT molecular complexity index is 649.